The molecule has 0 atom stereocenters. The van der Waals surface area contributed by atoms with Gasteiger partial charge in [0.1, 0.15) is 0 Å². The lowest BCUT2D eigenvalue weighted by Gasteiger charge is -2.02. The van der Waals surface area contributed by atoms with Crippen LogP contribution in [-0.2, 0) is 13.1 Å². The first kappa shape index (κ1) is 12.8. The number of Topliss-reactive ketones (excluding diaryl/α,β-unsaturated/α-hetero) is 1. The lowest BCUT2D eigenvalue weighted by Crippen LogP contribution is -2.26. The van der Waals surface area contributed by atoms with Crippen LogP contribution in [0.25, 0.3) is 0 Å². The second-order valence-corrected chi connectivity index (χ2v) is 4.11. The highest BCUT2D eigenvalue weighted by atomic mass is 16.2. The summed E-state index contributed by atoms with van der Waals surface area (Å²) < 4.78 is 2.91. The number of benzene rings is 1. The van der Waals surface area contributed by atoms with Gasteiger partial charge in [-0.15, -0.1) is 0 Å². The summed E-state index contributed by atoms with van der Waals surface area (Å²) in [5.41, 5.74) is 0.811. The van der Waals surface area contributed by atoms with E-state index in [4.69, 9.17) is 5.26 Å². The Kier molecular flexibility index (Phi) is 3.62. The average molecular weight is 255 g/mol. The molecule has 1 heterocycles. The van der Waals surface area contributed by atoms with Gasteiger partial charge in [-0.3, -0.25) is 13.9 Å². The molecule has 0 aliphatic heterocycles. The van der Waals surface area contributed by atoms with Crippen LogP contribution in [0.1, 0.15) is 22.8 Å². The maximum atomic E-state index is 12.0. The SMILES string of the molecule is CCn1ccn(CC(=O)c2ccc(C#N)cc2)c1=O. The molecule has 0 bridgehead atoms. The van der Waals surface area contributed by atoms with Gasteiger partial charge in [0.15, 0.2) is 5.78 Å². The molecule has 1 aromatic heterocycles. The zero-order chi connectivity index (χ0) is 13.8. The van der Waals surface area contributed by atoms with Crippen molar-refractivity contribution in [2.75, 3.05) is 0 Å². The molecule has 0 saturated carbocycles. The molecule has 2 rings (SSSR count). The van der Waals surface area contributed by atoms with E-state index in [9.17, 15) is 9.59 Å². The first-order chi connectivity index (χ1) is 9.15. The summed E-state index contributed by atoms with van der Waals surface area (Å²) in [7, 11) is 0. The molecule has 96 valence electrons. The molecule has 0 radical (unpaired) electrons. The van der Waals surface area contributed by atoms with Crippen LogP contribution in [0.5, 0.6) is 0 Å². The van der Waals surface area contributed by atoms with Gasteiger partial charge in [-0.1, -0.05) is 12.1 Å². The highest BCUT2D eigenvalue weighted by Gasteiger charge is 2.09. The highest BCUT2D eigenvalue weighted by Crippen LogP contribution is 2.05. The number of aromatic nitrogens is 2. The zero-order valence-corrected chi connectivity index (χ0v) is 10.5. The van der Waals surface area contributed by atoms with Gasteiger partial charge in [-0.2, -0.15) is 5.26 Å². The smallest absolute Gasteiger partial charge is 0.300 e. The van der Waals surface area contributed by atoms with E-state index in [2.05, 4.69) is 0 Å². The van der Waals surface area contributed by atoms with E-state index in [1.165, 1.54) is 9.13 Å². The Morgan fingerprint density at radius 1 is 1.21 bits per heavy atom. The van der Waals surface area contributed by atoms with Crippen molar-refractivity contribution in [3.63, 3.8) is 0 Å². The van der Waals surface area contributed by atoms with Gasteiger partial charge in [-0.05, 0) is 19.1 Å². The molecule has 0 amide bonds. The lowest BCUT2D eigenvalue weighted by atomic mass is 10.1. The number of imidazole rings is 1. The van der Waals surface area contributed by atoms with E-state index < -0.39 is 0 Å². The van der Waals surface area contributed by atoms with E-state index in [1.807, 2.05) is 13.0 Å². The molecule has 0 fully saturated rings. The number of ketones is 1. The normalized spacial score (nSPS) is 10.1. The molecule has 0 unspecified atom stereocenters. The van der Waals surface area contributed by atoms with Gasteiger partial charge < -0.3 is 0 Å². The minimum absolute atomic E-state index is 0.0116. The summed E-state index contributed by atoms with van der Waals surface area (Å²) in [6, 6.07) is 8.37. The maximum absolute atomic E-state index is 12.0. The standard InChI is InChI=1S/C14H13N3O2/c1-2-16-7-8-17(14(16)19)10-13(18)12-5-3-11(9-15)4-6-12/h3-8H,2,10H2,1H3. The summed E-state index contributed by atoms with van der Waals surface area (Å²) in [6.07, 6.45) is 3.27. The summed E-state index contributed by atoms with van der Waals surface area (Å²) >= 11 is 0. The van der Waals surface area contributed by atoms with Crippen molar-refractivity contribution in [1.29, 1.82) is 5.26 Å². The van der Waals surface area contributed by atoms with Gasteiger partial charge in [0.2, 0.25) is 0 Å². The maximum Gasteiger partial charge on any atom is 0.328 e. The van der Waals surface area contributed by atoms with Crippen molar-refractivity contribution < 1.29 is 4.79 Å². The molecule has 5 nitrogen and oxygen atoms in total. The first-order valence-electron chi connectivity index (χ1n) is 5.94. The third-order valence-corrected chi connectivity index (χ3v) is 2.91. The second-order valence-electron chi connectivity index (χ2n) is 4.11. The van der Waals surface area contributed by atoms with Crippen LogP contribution in [0.4, 0.5) is 0 Å². The molecule has 2 aromatic rings. The fourth-order valence-electron chi connectivity index (χ4n) is 1.79. The summed E-state index contributed by atoms with van der Waals surface area (Å²) in [5, 5.41) is 8.69. The largest absolute Gasteiger partial charge is 0.328 e. The summed E-state index contributed by atoms with van der Waals surface area (Å²) in [4.78, 5) is 23.8. The van der Waals surface area contributed by atoms with Crippen LogP contribution < -0.4 is 5.69 Å². The van der Waals surface area contributed by atoms with Gasteiger partial charge in [-0.25, -0.2) is 4.79 Å². The van der Waals surface area contributed by atoms with Crippen molar-refractivity contribution in [3.05, 3.63) is 58.3 Å². The molecular formula is C14H13N3O2. The van der Waals surface area contributed by atoms with Crippen molar-refractivity contribution in [3.8, 4) is 6.07 Å². The predicted octanol–water partition coefficient (Wildman–Crippen LogP) is 1.42. The van der Waals surface area contributed by atoms with E-state index >= 15 is 0 Å². The molecule has 0 aliphatic carbocycles. The van der Waals surface area contributed by atoms with Crippen molar-refractivity contribution in [2.24, 2.45) is 0 Å². The number of hydrogen-bond donors (Lipinski definition) is 0. The number of hydrogen-bond acceptors (Lipinski definition) is 3. The van der Waals surface area contributed by atoms with E-state index in [0.29, 0.717) is 17.7 Å². The minimum Gasteiger partial charge on any atom is -0.300 e. The fraction of sp³-hybridized carbons (Fsp3) is 0.214. The molecule has 0 aliphatic rings. The molecule has 0 saturated heterocycles. The monoisotopic (exact) mass is 255 g/mol. The molecule has 0 spiro atoms. The van der Waals surface area contributed by atoms with Crippen LogP contribution in [0.3, 0.4) is 0 Å². The number of carbonyl (C=O) groups excluding carboxylic acids is 1. The lowest BCUT2D eigenvalue weighted by molar-refractivity contribution is 0.0970. The molecule has 5 heteroatoms. The Morgan fingerprint density at radius 2 is 1.84 bits per heavy atom. The zero-order valence-electron chi connectivity index (χ0n) is 10.5. The molecular weight excluding hydrogens is 242 g/mol. The summed E-state index contributed by atoms with van der Waals surface area (Å²) in [5.74, 6) is -0.152. The first-order valence-corrected chi connectivity index (χ1v) is 5.94. The van der Waals surface area contributed by atoms with Crippen LogP contribution in [-0.4, -0.2) is 14.9 Å². The number of nitrogens with zero attached hydrogens (tertiary/aromatic N) is 3. The Labute approximate surface area is 110 Å². The Bertz CT molecular complexity index is 687. The Morgan fingerprint density at radius 3 is 2.37 bits per heavy atom. The van der Waals surface area contributed by atoms with E-state index in [-0.39, 0.29) is 18.0 Å². The van der Waals surface area contributed by atoms with Crippen molar-refractivity contribution in [1.82, 2.24) is 9.13 Å². The average Bonchev–Trinajstić information content (AvgIpc) is 2.79. The van der Waals surface area contributed by atoms with Crippen LogP contribution in [0.2, 0.25) is 0 Å². The fourth-order valence-corrected chi connectivity index (χ4v) is 1.79. The third kappa shape index (κ3) is 2.63. The Balaban J connectivity index is 2.18. The Hall–Kier alpha value is -2.61. The van der Waals surface area contributed by atoms with Gasteiger partial charge >= 0.3 is 5.69 Å². The van der Waals surface area contributed by atoms with Crippen LogP contribution in [0.15, 0.2) is 41.5 Å². The van der Waals surface area contributed by atoms with Crippen molar-refractivity contribution in [2.45, 2.75) is 20.0 Å². The van der Waals surface area contributed by atoms with E-state index in [0.717, 1.165) is 0 Å². The van der Waals surface area contributed by atoms with Crippen LogP contribution >= 0.6 is 0 Å². The number of rotatable bonds is 4. The quantitative estimate of drug-likeness (QED) is 0.776. The predicted molar refractivity (Wildman–Crippen MR) is 69.9 cm³/mol. The number of nitriles is 1. The van der Waals surface area contributed by atoms with Gasteiger partial charge in [0.25, 0.3) is 0 Å². The minimum atomic E-state index is -0.190. The highest BCUT2D eigenvalue weighted by molar-refractivity contribution is 5.95. The third-order valence-electron chi connectivity index (χ3n) is 2.91. The van der Waals surface area contributed by atoms with Gasteiger partial charge in [0, 0.05) is 24.5 Å². The van der Waals surface area contributed by atoms with E-state index in [1.54, 1.807) is 36.7 Å². The second kappa shape index (κ2) is 5.36. The number of carbonyl (C=O) groups is 1. The van der Waals surface area contributed by atoms with Gasteiger partial charge in [0.05, 0.1) is 18.2 Å². The van der Waals surface area contributed by atoms with Crippen molar-refractivity contribution >= 4 is 5.78 Å². The summed E-state index contributed by atoms with van der Waals surface area (Å²) in [6.45, 7) is 2.46. The molecule has 1 aromatic carbocycles. The molecule has 0 N–H and O–H groups in total. The number of aryl methyl sites for hydroxylation is 1. The topological polar surface area (TPSA) is 67.8 Å². The van der Waals surface area contributed by atoms with Crippen LogP contribution in [0, 0.1) is 11.3 Å². The molecule has 19 heavy (non-hydrogen) atoms.